The molecule has 0 saturated heterocycles. The van der Waals surface area contributed by atoms with Crippen LogP contribution in [0.5, 0.6) is 0 Å². The van der Waals surface area contributed by atoms with Crippen LogP contribution in [0.2, 0.25) is 0 Å². The first-order valence-electron chi connectivity index (χ1n) is 4.82. The molecule has 2 heterocycles. The number of anilines is 1. The van der Waals surface area contributed by atoms with Crippen molar-refractivity contribution in [1.29, 1.82) is 0 Å². The molecule has 0 saturated carbocycles. The highest BCUT2D eigenvalue weighted by molar-refractivity contribution is 7.09. The number of rotatable bonds is 2. The van der Waals surface area contributed by atoms with Gasteiger partial charge in [-0.25, -0.2) is 9.97 Å². The van der Waals surface area contributed by atoms with Crippen molar-refractivity contribution >= 4 is 23.1 Å². The summed E-state index contributed by atoms with van der Waals surface area (Å²) < 4.78 is 0. The number of carbonyl (C=O) groups is 1. The first-order valence-corrected chi connectivity index (χ1v) is 5.70. The number of aromatic nitrogens is 2. The molecule has 0 atom stereocenters. The van der Waals surface area contributed by atoms with E-state index in [2.05, 4.69) is 15.3 Å². The predicted molar refractivity (Wildman–Crippen MR) is 63.8 cm³/mol. The molecule has 0 aliphatic heterocycles. The quantitative estimate of drug-likeness (QED) is 0.866. The van der Waals surface area contributed by atoms with Crippen LogP contribution in [0.1, 0.15) is 21.2 Å². The molecule has 4 nitrogen and oxygen atoms in total. The molecule has 5 heteroatoms. The number of pyridine rings is 1. The van der Waals surface area contributed by atoms with Crippen LogP contribution in [0.15, 0.2) is 23.6 Å². The monoisotopic (exact) mass is 233 g/mol. The van der Waals surface area contributed by atoms with E-state index in [1.54, 1.807) is 11.4 Å². The smallest absolute Gasteiger partial charge is 0.276 e. The highest BCUT2D eigenvalue weighted by atomic mass is 32.1. The average Bonchev–Trinajstić information content (AvgIpc) is 2.65. The van der Waals surface area contributed by atoms with E-state index in [0.717, 1.165) is 10.7 Å². The minimum atomic E-state index is -0.220. The average molecular weight is 233 g/mol. The second kappa shape index (κ2) is 4.40. The third-order valence-electron chi connectivity index (χ3n) is 1.98. The summed E-state index contributed by atoms with van der Waals surface area (Å²) in [6.45, 7) is 3.75. The normalized spacial score (nSPS) is 10.1. The summed E-state index contributed by atoms with van der Waals surface area (Å²) in [5.41, 5.74) is 1.30. The molecule has 0 spiro atoms. The molecule has 1 N–H and O–H groups in total. The van der Waals surface area contributed by atoms with E-state index in [1.807, 2.05) is 26.0 Å². The van der Waals surface area contributed by atoms with Gasteiger partial charge in [-0.3, -0.25) is 4.79 Å². The van der Waals surface area contributed by atoms with E-state index in [0.29, 0.717) is 11.5 Å². The Kier molecular flexibility index (Phi) is 2.96. The van der Waals surface area contributed by atoms with Crippen molar-refractivity contribution in [2.75, 3.05) is 5.32 Å². The van der Waals surface area contributed by atoms with Crippen molar-refractivity contribution in [1.82, 2.24) is 9.97 Å². The summed E-state index contributed by atoms with van der Waals surface area (Å²) in [6, 6.07) is 5.48. The van der Waals surface area contributed by atoms with E-state index in [1.165, 1.54) is 11.3 Å². The van der Waals surface area contributed by atoms with Crippen LogP contribution in [0.3, 0.4) is 0 Å². The van der Waals surface area contributed by atoms with E-state index in [-0.39, 0.29) is 5.91 Å². The number of aryl methyl sites for hydroxylation is 2. The first kappa shape index (κ1) is 10.8. The summed E-state index contributed by atoms with van der Waals surface area (Å²) in [7, 11) is 0. The number of carbonyl (C=O) groups excluding carboxylic acids is 1. The molecule has 0 fully saturated rings. The van der Waals surface area contributed by atoms with Crippen molar-refractivity contribution < 1.29 is 4.79 Å². The van der Waals surface area contributed by atoms with Crippen LogP contribution in [0, 0.1) is 13.8 Å². The Balaban J connectivity index is 2.13. The summed E-state index contributed by atoms with van der Waals surface area (Å²) in [6.07, 6.45) is 0. The van der Waals surface area contributed by atoms with Crippen LogP contribution in [0.4, 0.5) is 5.82 Å². The zero-order chi connectivity index (χ0) is 11.5. The van der Waals surface area contributed by atoms with Gasteiger partial charge in [-0.1, -0.05) is 6.07 Å². The third-order valence-corrected chi connectivity index (χ3v) is 2.76. The van der Waals surface area contributed by atoms with Gasteiger partial charge >= 0.3 is 0 Å². The SMILES string of the molecule is Cc1cccc(NC(=O)c2csc(C)n2)n1. The summed E-state index contributed by atoms with van der Waals surface area (Å²) >= 11 is 1.45. The number of hydrogen-bond acceptors (Lipinski definition) is 4. The van der Waals surface area contributed by atoms with Gasteiger partial charge in [-0.15, -0.1) is 11.3 Å². The second-order valence-electron chi connectivity index (χ2n) is 3.37. The number of hydrogen-bond donors (Lipinski definition) is 1. The standard InChI is InChI=1S/C11H11N3OS/c1-7-4-3-5-10(12-7)14-11(15)9-6-16-8(2)13-9/h3-6H,1-2H3,(H,12,14,15). The molecule has 2 aromatic rings. The molecular weight excluding hydrogens is 222 g/mol. The van der Waals surface area contributed by atoms with E-state index >= 15 is 0 Å². The molecule has 0 radical (unpaired) electrons. The molecule has 0 unspecified atom stereocenters. The van der Waals surface area contributed by atoms with Crippen molar-refractivity contribution in [3.05, 3.63) is 40.0 Å². The second-order valence-corrected chi connectivity index (χ2v) is 4.43. The Morgan fingerprint density at radius 2 is 2.12 bits per heavy atom. The van der Waals surface area contributed by atoms with Crippen LogP contribution >= 0.6 is 11.3 Å². The Bertz CT molecular complexity index is 521. The van der Waals surface area contributed by atoms with E-state index in [9.17, 15) is 4.79 Å². The maximum Gasteiger partial charge on any atom is 0.276 e. The largest absolute Gasteiger partial charge is 0.305 e. The fraction of sp³-hybridized carbons (Fsp3) is 0.182. The lowest BCUT2D eigenvalue weighted by atomic mass is 10.3. The van der Waals surface area contributed by atoms with Gasteiger partial charge < -0.3 is 5.32 Å². The molecule has 82 valence electrons. The number of thiazole rings is 1. The first-order chi connectivity index (χ1) is 7.65. The molecule has 16 heavy (non-hydrogen) atoms. The molecule has 2 rings (SSSR count). The number of amides is 1. The Hall–Kier alpha value is -1.75. The van der Waals surface area contributed by atoms with Crippen molar-refractivity contribution in [2.24, 2.45) is 0 Å². The van der Waals surface area contributed by atoms with E-state index in [4.69, 9.17) is 0 Å². The molecule has 0 aliphatic rings. The zero-order valence-corrected chi connectivity index (χ0v) is 9.84. The van der Waals surface area contributed by atoms with Gasteiger partial charge in [0.05, 0.1) is 5.01 Å². The Morgan fingerprint density at radius 3 is 2.75 bits per heavy atom. The molecule has 1 amide bonds. The highest BCUT2D eigenvalue weighted by Gasteiger charge is 2.09. The lowest BCUT2D eigenvalue weighted by molar-refractivity contribution is 0.102. The molecule has 0 bridgehead atoms. The lowest BCUT2D eigenvalue weighted by Crippen LogP contribution is -2.13. The van der Waals surface area contributed by atoms with Crippen molar-refractivity contribution in [3.63, 3.8) is 0 Å². The summed E-state index contributed by atoms with van der Waals surface area (Å²) in [4.78, 5) is 20.0. The van der Waals surface area contributed by atoms with Crippen LogP contribution in [-0.4, -0.2) is 15.9 Å². The summed E-state index contributed by atoms with van der Waals surface area (Å²) in [5, 5.41) is 5.32. The Labute approximate surface area is 97.4 Å². The van der Waals surface area contributed by atoms with Crippen LogP contribution in [0.25, 0.3) is 0 Å². The molecule has 0 aliphatic carbocycles. The topological polar surface area (TPSA) is 54.9 Å². The van der Waals surface area contributed by atoms with Gasteiger partial charge in [0.15, 0.2) is 0 Å². The summed E-state index contributed by atoms with van der Waals surface area (Å²) in [5.74, 6) is 0.332. The zero-order valence-electron chi connectivity index (χ0n) is 9.02. The Morgan fingerprint density at radius 1 is 1.31 bits per heavy atom. The van der Waals surface area contributed by atoms with Gasteiger partial charge in [-0.2, -0.15) is 0 Å². The van der Waals surface area contributed by atoms with Gasteiger partial charge in [0.25, 0.3) is 5.91 Å². The number of nitrogens with zero attached hydrogens (tertiary/aromatic N) is 2. The third kappa shape index (κ3) is 2.43. The highest BCUT2D eigenvalue weighted by Crippen LogP contribution is 2.10. The molecule has 2 aromatic heterocycles. The van der Waals surface area contributed by atoms with Gasteiger partial charge in [0.1, 0.15) is 11.5 Å². The van der Waals surface area contributed by atoms with E-state index < -0.39 is 0 Å². The maximum atomic E-state index is 11.7. The molecular formula is C11H11N3OS. The lowest BCUT2D eigenvalue weighted by Gasteiger charge is -2.02. The predicted octanol–water partition coefficient (Wildman–Crippen LogP) is 2.41. The van der Waals surface area contributed by atoms with Crippen LogP contribution in [-0.2, 0) is 0 Å². The minimum Gasteiger partial charge on any atom is -0.305 e. The maximum absolute atomic E-state index is 11.7. The van der Waals surface area contributed by atoms with Crippen molar-refractivity contribution in [2.45, 2.75) is 13.8 Å². The van der Waals surface area contributed by atoms with Gasteiger partial charge in [0.2, 0.25) is 0 Å². The number of nitrogens with one attached hydrogen (secondary N) is 1. The molecule has 0 aromatic carbocycles. The fourth-order valence-electron chi connectivity index (χ4n) is 1.26. The minimum absolute atomic E-state index is 0.220. The van der Waals surface area contributed by atoms with Crippen LogP contribution < -0.4 is 5.32 Å². The van der Waals surface area contributed by atoms with Gasteiger partial charge in [-0.05, 0) is 26.0 Å². The fourth-order valence-corrected chi connectivity index (χ4v) is 1.85. The van der Waals surface area contributed by atoms with Crippen molar-refractivity contribution in [3.8, 4) is 0 Å². The van der Waals surface area contributed by atoms with Gasteiger partial charge in [0, 0.05) is 11.1 Å².